The number of carbonyl (C=O) groups excluding carboxylic acids is 1. The highest BCUT2D eigenvalue weighted by atomic mass is 16.5. The highest BCUT2D eigenvalue weighted by Crippen LogP contribution is 2.23. The fourth-order valence-corrected chi connectivity index (χ4v) is 2.75. The summed E-state index contributed by atoms with van der Waals surface area (Å²) in [5, 5.41) is 5.97. The van der Waals surface area contributed by atoms with Gasteiger partial charge in [-0.05, 0) is 55.5 Å². The fourth-order valence-electron chi connectivity index (χ4n) is 2.75. The molecule has 0 atom stereocenters. The molecule has 30 heavy (non-hydrogen) atoms. The van der Waals surface area contributed by atoms with Crippen LogP contribution in [0.3, 0.4) is 0 Å². The normalized spacial score (nSPS) is 10.2. The molecule has 0 spiro atoms. The Morgan fingerprint density at radius 2 is 1.43 bits per heavy atom. The van der Waals surface area contributed by atoms with Gasteiger partial charge >= 0.3 is 0 Å². The molecule has 3 aromatic carbocycles. The molecule has 156 valence electrons. The van der Waals surface area contributed by atoms with Crippen LogP contribution < -0.4 is 24.8 Å². The highest BCUT2D eigenvalue weighted by molar-refractivity contribution is 5.94. The molecule has 6 nitrogen and oxygen atoms in total. The van der Waals surface area contributed by atoms with Crippen molar-refractivity contribution in [3.63, 3.8) is 0 Å². The van der Waals surface area contributed by atoms with Crippen molar-refractivity contribution in [3.05, 3.63) is 78.9 Å². The van der Waals surface area contributed by atoms with Crippen LogP contribution in [0.1, 0.15) is 6.92 Å². The molecule has 3 aromatic rings. The van der Waals surface area contributed by atoms with Crippen molar-refractivity contribution in [3.8, 4) is 17.2 Å². The van der Waals surface area contributed by atoms with Gasteiger partial charge < -0.3 is 24.8 Å². The summed E-state index contributed by atoms with van der Waals surface area (Å²) in [7, 11) is 0. The molecule has 0 fully saturated rings. The predicted octanol–water partition coefficient (Wildman–Crippen LogP) is 4.59. The van der Waals surface area contributed by atoms with Gasteiger partial charge in [0.15, 0.2) is 0 Å². The van der Waals surface area contributed by atoms with Crippen molar-refractivity contribution in [1.82, 2.24) is 0 Å². The van der Waals surface area contributed by atoms with E-state index in [-0.39, 0.29) is 12.5 Å². The molecule has 0 saturated heterocycles. The van der Waals surface area contributed by atoms with E-state index >= 15 is 0 Å². The maximum Gasteiger partial charge on any atom is 0.243 e. The van der Waals surface area contributed by atoms with Gasteiger partial charge in [0.2, 0.25) is 5.91 Å². The maximum atomic E-state index is 12.3. The molecule has 0 aliphatic rings. The molecule has 0 heterocycles. The number of nitrogens with one attached hydrogen (secondary N) is 2. The van der Waals surface area contributed by atoms with Crippen LogP contribution in [0, 0.1) is 0 Å². The van der Waals surface area contributed by atoms with Crippen LogP contribution in [0.15, 0.2) is 78.9 Å². The van der Waals surface area contributed by atoms with Crippen LogP contribution in [-0.2, 0) is 4.79 Å². The van der Waals surface area contributed by atoms with Crippen molar-refractivity contribution in [1.29, 1.82) is 0 Å². The van der Waals surface area contributed by atoms with E-state index in [1.807, 2.05) is 85.8 Å². The Kier molecular flexibility index (Phi) is 7.97. The van der Waals surface area contributed by atoms with Gasteiger partial charge in [-0.15, -0.1) is 0 Å². The first-order chi connectivity index (χ1) is 14.7. The van der Waals surface area contributed by atoms with E-state index in [1.54, 1.807) is 0 Å². The minimum Gasteiger partial charge on any atom is -0.494 e. The lowest BCUT2D eigenvalue weighted by Gasteiger charge is -2.14. The summed E-state index contributed by atoms with van der Waals surface area (Å²) in [5.41, 5.74) is 1.46. The van der Waals surface area contributed by atoms with Crippen LogP contribution in [0.25, 0.3) is 0 Å². The van der Waals surface area contributed by atoms with Gasteiger partial charge in [-0.25, -0.2) is 0 Å². The quantitative estimate of drug-likeness (QED) is 0.456. The Morgan fingerprint density at radius 3 is 2.20 bits per heavy atom. The van der Waals surface area contributed by atoms with E-state index < -0.39 is 0 Å². The summed E-state index contributed by atoms with van der Waals surface area (Å²) in [4.78, 5) is 12.3. The number of hydrogen-bond donors (Lipinski definition) is 2. The first-order valence-corrected chi connectivity index (χ1v) is 9.91. The van der Waals surface area contributed by atoms with Crippen LogP contribution in [0.2, 0.25) is 0 Å². The zero-order valence-corrected chi connectivity index (χ0v) is 17.0. The highest BCUT2D eigenvalue weighted by Gasteiger charge is 2.07. The summed E-state index contributed by atoms with van der Waals surface area (Å²) in [5.74, 6) is 2.10. The van der Waals surface area contributed by atoms with Crippen LogP contribution >= 0.6 is 0 Å². The summed E-state index contributed by atoms with van der Waals surface area (Å²) in [6.07, 6.45) is 0. The van der Waals surface area contributed by atoms with Gasteiger partial charge in [-0.3, -0.25) is 4.79 Å². The molecule has 1 amide bonds. The van der Waals surface area contributed by atoms with Crippen LogP contribution in [-0.4, -0.2) is 32.3 Å². The molecule has 0 bridgehead atoms. The Labute approximate surface area is 176 Å². The van der Waals surface area contributed by atoms with Gasteiger partial charge in [-0.1, -0.05) is 30.3 Å². The molecule has 0 aromatic heterocycles. The Bertz CT molecular complexity index is 914. The standard InChI is InChI=1S/C24H26N2O4/c1-2-28-21-14-12-19(13-15-21)26-24(27)18-25-22-10-6-7-11-23(22)30-17-16-29-20-8-4-3-5-9-20/h3-15,25H,2,16-18H2,1H3,(H,26,27). The Balaban J connectivity index is 1.45. The van der Waals surface area contributed by atoms with Crippen molar-refractivity contribution >= 4 is 17.3 Å². The summed E-state index contributed by atoms with van der Waals surface area (Å²) < 4.78 is 16.9. The van der Waals surface area contributed by atoms with Gasteiger partial charge in [0.05, 0.1) is 18.8 Å². The third-order valence-electron chi connectivity index (χ3n) is 4.13. The van der Waals surface area contributed by atoms with E-state index in [0.29, 0.717) is 31.3 Å². The number of amides is 1. The summed E-state index contributed by atoms with van der Waals surface area (Å²) in [6.45, 7) is 3.48. The second-order valence-corrected chi connectivity index (χ2v) is 6.37. The minimum absolute atomic E-state index is 0.119. The third-order valence-corrected chi connectivity index (χ3v) is 4.13. The average Bonchev–Trinajstić information content (AvgIpc) is 2.78. The molecule has 0 radical (unpaired) electrons. The van der Waals surface area contributed by atoms with E-state index in [4.69, 9.17) is 14.2 Å². The summed E-state index contributed by atoms with van der Waals surface area (Å²) in [6, 6.07) is 24.4. The van der Waals surface area contributed by atoms with Gasteiger partial charge in [0.25, 0.3) is 0 Å². The van der Waals surface area contributed by atoms with Crippen molar-refractivity contribution < 1.29 is 19.0 Å². The smallest absolute Gasteiger partial charge is 0.243 e. The molecule has 0 unspecified atom stereocenters. The Morgan fingerprint density at radius 1 is 0.767 bits per heavy atom. The van der Waals surface area contributed by atoms with Crippen molar-refractivity contribution in [2.24, 2.45) is 0 Å². The molecule has 3 rings (SSSR count). The topological polar surface area (TPSA) is 68.8 Å². The Hall–Kier alpha value is -3.67. The number of benzene rings is 3. The fraction of sp³-hybridized carbons (Fsp3) is 0.208. The lowest BCUT2D eigenvalue weighted by Crippen LogP contribution is -2.22. The van der Waals surface area contributed by atoms with Gasteiger partial charge in [0.1, 0.15) is 30.5 Å². The third kappa shape index (κ3) is 6.74. The lowest BCUT2D eigenvalue weighted by atomic mass is 10.3. The summed E-state index contributed by atoms with van der Waals surface area (Å²) >= 11 is 0. The van der Waals surface area contributed by atoms with E-state index in [9.17, 15) is 4.79 Å². The first kappa shape index (κ1) is 21.0. The van der Waals surface area contributed by atoms with Crippen molar-refractivity contribution in [2.45, 2.75) is 6.92 Å². The monoisotopic (exact) mass is 406 g/mol. The first-order valence-electron chi connectivity index (χ1n) is 9.91. The number of anilines is 2. The number of carbonyl (C=O) groups is 1. The lowest BCUT2D eigenvalue weighted by molar-refractivity contribution is -0.114. The van der Waals surface area contributed by atoms with Crippen molar-refractivity contribution in [2.75, 3.05) is 37.0 Å². The van der Waals surface area contributed by atoms with E-state index in [2.05, 4.69) is 10.6 Å². The maximum absolute atomic E-state index is 12.3. The van der Waals surface area contributed by atoms with E-state index in [0.717, 1.165) is 17.2 Å². The zero-order chi connectivity index (χ0) is 21.0. The minimum atomic E-state index is -0.152. The average molecular weight is 406 g/mol. The molecule has 6 heteroatoms. The zero-order valence-electron chi connectivity index (χ0n) is 17.0. The number of rotatable bonds is 11. The predicted molar refractivity (Wildman–Crippen MR) is 119 cm³/mol. The largest absolute Gasteiger partial charge is 0.494 e. The number of hydrogen-bond acceptors (Lipinski definition) is 5. The second kappa shape index (κ2) is 11.4. The van der Waals surface area contributed by atoms with Gasteiger partial charge in [-0.2, -0.15) is 0 Å². The second-order valence-electron chi connectivity index (χ2n) is 6.37. The number of para-hydroxylation sites is 3. The molecular weight excluding hydrogens is 380 g/mol. The molecule has 0 aliphatic heterocycles. The molecule has 2 N–H and O–H groups in total. The van der Waals surface area contributed by atoms with Crippen LogP contribution in [0.4, 0.5) is 11.4 Å². The number of ether oxygens (including phenoxy) is 3. The van der Waals surface area contributed by atoms with Gasteiger partial charge in [0, 0.05) is 5.69 Å². The van der Waals surface area contributed by atoms with Crippen LogP contribution in [0.5, 0.6) is 17.2 Å². The SMILES string of the molecule is CCOc1ccc(NC(=O)CNc2ccccc2OCCOc2ccccc2)cc1. The van der Waals surface area contributed by atoms with E-state index in [1.165, 1.54) is 0 Å². The molecular formula is C24H26N2O4. The molecule has 0 saturated carbocycles. The molecule has 0 aliphatic carbocycles.